The Balaban J connectivity index is 0.000000628. The lowest BCUT2D eigenvalue weighted by Gasteiger charge is -2.09. The molecule has 0 unspecified atom stereocenters. The lowest BCUT2D eigenvalue weighted by molar-refractivity contribution is -0.121. The van der Waals surface area contributed by atoms with Crippen molar-refractivity contribution in [1.82, 2.24) is 20.1 Å². The monoisotopic (exact) mass is 416 g/mol. The van der Waals surface area contributed by atoms with Gasteiger partial charge in [-0.15, -0.1) is 0 Å². The van der Waals surface area contributed by atoms with Crippen molar-refractivity contribution in [3.8, 4) is 0 Å². The summed E-state index contributed by atoms with van der Waals surface area (Å²) in [7, 11) is 1.93. The van der Waals surface area contributed by atoms with Gasteiger partial charge in [-0.3, -0.25) is 20.0 Å². The lowest BCUT2D eigenvalue weighted by atomic mass is 9.96. The predicted molar refractivity (Wildman–Crippen MR) is 126 cm³/mol. The quantitative estimate of drug-likeness (QED) is 0.352. The van der Waals surface area contributed by atoms with Gasteiger partial charge in [0.1, 0.15) is 0 Å². The maximum atomic E-state index is 12.8. The number of aromatic amines is 1. The standard InChI is InChI=1S/C21H18N4O2.C4H10/c1-13(20-15-8-3-5-9-17(15)23-24-20)19(21(27)22-12-26)16-11-25(2)18-10-6-4-7-14(16)18;1-3-4-2/h3-12H,1-2H3,(H,23,24)(H,22,26,27);3-4H2,1-2H3/b19-13+;. The van der Waals surface area contributed by atoms with Gasteiger partial charge in [0.05, 0.1) is 16.8 Å². The SMILES string of the molecule is C/C(=C(\C(=O)NC=O)c1cn(C)c2ccccc12)c1n[nH]c2ccccc12.CCCC. The molecule has 0 bridgehead atoms. The Kier molecular flexibility index (Phi) is 7.03. The number of amides is 2. The number of carbonyl (C=O) groups excluding carboxylic acids is 2. The molecule has 2 heterocycles. The Morgan fingerprint density at radius 1 is 1.06 bits per heavy atom. The van der Waals surface area contributed by atoms with E-state index in [1.54, 1.807) is 0 Å². The van der Waals surface area contributed by atoms with Crippen LogP contribution in [0.5, 0.6) is 0 Å². The minimum absolute atomic E-state index is 0.406. The number of rotatable bonds is 5. The Bertz CT molecular complexity index is 1240. The number of nitrogens with one attached hydrogen (secondary N) is 2. The third-order valence-electron chi connectivity index (χ3n) is 5.28. The second kappa shape index (κ2) is 9.89. The Morgan fingerprint density at radius 2 is 1.71 bits per heavy atom. The number of aryl methyl sites for hydroxylation is 1. The zero-order valence-electron chi connectivity index (χ0n) is 18.4. The predicted octanol–water partition coefficient (Wildman–Crippen LogP) is 5.06. The van der Waals surface area contributed by atoms with Crippen molar-refractivity contribution in [3.05, 3.63) is 66.0 Å². The topological polar surface area (TPSA) is 79.8 Å². The van der Waals surface area contributed by atoms with E-state index in [4.69, 9.17) is 0 Å². The number of carbonyl (C=O) groups is 2. The van der Waals surface area contributed by atoms with Crippen molar-refractivity contribution >= 4 is 45.3 Å². The summed E-state index contributed by atoms with van der Waals surface area (Å²) < 4.78 is 1.97. The Hall–Kier alpha value is -3.67. The third-order valence-corrected chi connectivity index (χ3v) is 5.28. The van der Waals surface area contributed by atoms with Crippen LogP contribution in [0.4, 0.5) is 0 Å². The highest BCUT2D eigenvalue weighted by molar-refractivity contribution is 6.31. The Labute approximate surface area is 182 Å². The zero-order valence-corrected chi connectivity index (χ0v) is 18.4. The van der Waals surface area contributed by atoms with Crippen molar-refractivity contribution in [2.75, 3.05) is 0 Å². The molecule has 2 amide bonds. The highest BCUT2D eigenvalue weighted by Crippen LogP contribution is 2.34. The molecule has 4 rings (SSSR count). The molecule has 160 valence electrons. The number of para-hydroxylation sites is 2. The first-order valence-electron chi connectivity index (χ1n) is 10.5. The van der Waals surface area contributed by atoms with Crippen LogP contribution in [0.25, 0.3) is 33.0 Å². The number of hydrogen-bond acceptors (Lipinski definition) is 3. The number of nitrogens with zero attached hydrogens (tertiary/aromatic N) is 2. The molecule has 2 N–H and O–H groups in total. The molecule has 0 saturated carbocycles. The molecule has 31 heavy (non-hydrogen) atoms. The van der Waals surface area contributed by atoms with Crippen molar-refractivity contribution < 1.29 is 9.59 Å². The van der Waals surface area contributed by atoms with Gasteiger partial charge in [-0.2, -0.15) is 5.10 Å². The molecular formula is C25H28N4O2. The Morgan fingerprint density at radius 3 is 2.39 bits per heavy atom. The smallest absolute Gasteiger partial charge is 0.258 e. The molecule has 0 aliphatic rings. The maximum Gasteiger partial charge on any atom is 0.258 e. The lowest BCUT2D eigenvalue weighted by Crippen LogP contribution is -2.23. The molecule has 0 spiro atoms. The largest absolute Gasteiger partial charge is 0.350 e. The number of fused-ring (bicyclic) bond motifs is 2. The molecule has 6 heteroatoms. The summed E-state index contributed by atoms with van der Waals surface area (Å²) in [5, 5.41) is 11.6. The summed E-state index contributed by atoms with van der Waals surface area (Å²) in [5.74, 6) is -0.453. The van der Waals surface area contributed by atoms with Crippen molar-refractivity contribution in [1.29, 1.82) is 0 Å². The van der Waals surface area contributed by atoms with Crippen LogP contribution >= 0.6 is 0 Å². The second-order valence-electron chi connectivity index (χ2n) is 7.38. The van der Waals surface area contributed by atoms with E-state index in [1.165, 1.54) is 12.8 Å². The minimum Gasteiger partial charge on any atom is -0.350 e. The highest BCUT2D eigenvalue weighted by Gasteiger charge is 2.22. The molecule has 0 aliphatic heterocycles. The van der Waals surface area contributed by atoms with Crippen LogP contribution in [0.15, 0.2) is 54.7 Å². The first-order chi connectivity index (χ1) is 15.0. The van der Waals surface area contributed by atoms with E-state index in [0.717, 1.165) is 27.4 Å². The maximum absolute atomic E-state index is 12.8. The van der Waals surface area contributed by atoms with Crippen LogP contribution in [0.2, 0.25) is 0 Å². The van der Waals surface area contributed by atoms with Crippen LogP contribution < -0.4 is 5.32 Å². The van der Waals surface area contributed by atoms with E-state index in [9.17, 15) is 9.59 Å². The number of imide groups is 1. The van der Waals surface area contributed by atoms with Gasteiger partial charge in [0.15, 0.2) is 0 Å². The molecule has 0 atom stereocenters. The molecule has 2 aromatic carbocycles. The number of hydrogen-bond donors (Lipinski definition) is 2. The summed E-state index contributed by atoms with van der Waals surface area (Å²) in [6, 6.07) is 15.6. The van der Waals surface area contributed by atoms with E-state index < -0.39 is 5.91 Å². The van der Waals surface area contributed by atoms with Crippen molar-refractivity contribution in [3.63, 3.8) is 0 Å². The van der Waals surface area contributed by atoms with E-state index in [2.05, 4.69) is 29.4 Å². The van der Waals surface area contributed by atoms with Gasteiger partial charge in [-0.05, 0) is 24.6 Å². The number of allylic oxidation sites excluding steroid dienone is 1. The van der Waals surface area contributed by atoms with Gasteiger partial charge in [0, 0.05) is 35.1 Å². The molecule has 0 fully saturated rings. The summed E-state index contributed by atoms with van der Waals surface area (Å²) in [4.78, 5) is 23.8. The van der Waals surface area contributed by atoms with Crippen LogP contribution in [0.3, 0.4) is 0 Å². The third kappa shape index (κ3) is 4.43. The van der Waals surface area contributed by atoms with E-state index in [-0.39, 0.29) is 0 Å². The summed E-state index contributed by atoms with van der Waals surface area (Å²) in [5.41, 5.74) is 4.47. The summed E-state index contributed by atoms with van der Waals surface area (Å²) >= 11 is 0. The van der Waals surface area contributed by atoms with Crippen molar-refractivity contribution in [2.45, 2.75) is 33.6 Å². The van der Waals surface area contributed by atoms with Gasteiger partial charge in [-0.1, -0.05) is 63.1 Å². The number of H-pyrrole nitrogens is 1. The molecule has 2 aromatic heterocycles. The number of benzene rings is 2. The van der Waals surface area contributed by atoms with Gasteiger partial charge in [-0.25, -0.2) is 0 Å². The fourth-order valence-corrected chi connectivity index (χ4v) is 3.53. The van der Waals surface area contributed by atoms with Crippen LogP contribution in [-0.2, 0) is 16.6 Å². The van der Waals surface area contributed by atoms with Gasteiger partial charge in [0.25, 0.3) is 5.91 Å². The minimum atomic E-state index is -0.453. The van der Waals surface area contributed by atoms with Gasteiger partial charge in [0.2, 0.25) is 6.41 Å². The van der Waals surface area contributed by atoms with E-state index in [1.807, 2.05) is 73.3 Å². The average Bonchev–Trinajstić information content (AvgIpc) is 3.36. The van der Waals surface area contributed by atoms with E-state index >= 15 is 0 Å². The fraction of sp³-hybridized carbons (Fsp3) is 0.240. The molecule has 0 radical (unpaired) electrons. The van der Waals surface area contributed by atoms with Gasteiger partial charge < -0.3 is 4.57 Å². The number of unbranched alkanes of at least 4 members (excludes halogenated alkanes) is 1. The van der Waals surface area contributed by atoms with Crippen LogP contribution in [0, 0.1) is 0 Å². The van der Waals surface area contributed by atoms with Crippen LogP contribution in [-0.4, -0.2) is 27.1 Å². The van der Waals surface area contributed by atoms with Crippen molar-refractivity contribution in [2.24, 2.45) is 7.05 Å². The molecular weight excluding hydrogens is 388 g/mol. The summed E-state index contributed by atoms with van der Waals surface area (Å²) in [6.45, 7) is 6.21. The zero-order chi connectivity index (χ0) is 22.4. The first kappa shape index (κ1) is 22.0. The highest BCUT2D eigenvalue weighted by atomic mass is 16.2. The second-order valence-corrected chi connectivity index (χ2v) is 7.38. The van der Waals surface area contributed by atoms with Crippen LogP contribution in [0.1, 0.15) is 44.9 Å². The van der Waals surface area contributed by atoms with Gasteiger partial charge >= 0.3 is 0 Å². The first-order valence-corrected chi connectivity index (χ1v) is 10.5. The summed E-state index contributed by atoms with van der Waals surface area (Å²) in [6.07, 6.45) is 4.95. The average molecular weight is 417 g/mol. The van der Waals surface area contributed by atoms with E-state index in [0.29, 0.717) is 23.3 Å². The number of aromatic nitrogens is 3. The molecule has 0 saturated heterocycles. The molecule has 6 nitrogen and oxygen atoms in total. The fourth-order valence-electron chi connectivity index (χ4n) is 3.53. The normalized spacial score (nSPS) is 11.6. The molecule has 4 aromatic rings. The molecule has 0 aliphatic carbocycles.